The van der Waals surface area contributed by atoms with Gasteiger partial charge in [-0.2, -0.15) is 0 Å². The van der Waals surface area contributed by atoms with E-state index in [0.29, 0.717) is 11.6 Å². The zero-order valence-corrected chi connectivity index (χ0v) is 30.9. The summed E-state index contributed by atoms with van der Waals surface area (Å²) >= 11 is 0. The average Bonchev–Trinajstić information content (AvgIpc) is 3.66. The monoisotopic (exact) mass is 719 g/mol. The van der Waals surface area contributed by atoms with Crippen molar-refractivity contribution in [3.63, 3.8) is 0 Å². The molecule has 4 heteroatoms. The Balaban J connectivity index is 1.08. The molecule has 1 atom stereocenters. The van der Waals surface area contributed by atoms with Crippen molar-refractivity contribution < 1.29 is 4.42 Å². The Kier molecular flexibility index (Phi) is 8.49. The Morgan fingerprint density at radius 2 is 1.23 bits per heavy atom. The lowest BCUT2D eigenvalue weighted by Gasteiger charge is -2.18. The summed E-state index contributed by atoms with van der Waals surface area (Å²) in [6, 6.07) is 55.2. The van der Waals surface area contributed by atoms with Crippen molar-refractivity contribution in [2.24, 2.45) is 0 Å². The van der Waals surface area contributed by atoms with Crippen molar-refractivity contribution in [1.82, 2.24) is 15.0 Å². The van der Waals surface area contributed by atoms with Crippen LogP contribution in [0.5, 0.6) is 0 Å². The summed E-state index contributed by atoms with van der Waals surface area (Å²) in [5, 5.41) is 4.65. The SMILES string of the molecule is C/C=C\c1ccccc1-c1ccc(-c2nc(-c3ccccc3-c3cccc4oc5ccccc5c34)nc(C3C=CC(c4ccc5ccccc5c4)=CC3)n2)cc1. The third-order valence-corrected chi connectivity index (χ3v) is 10.8. The highest BCUT2D eigenvalue weighted by Gasteiger charge is 2.22. The van der Waals surface area contributed by atoms with Crippen molar-refractivity contribution in [2.75, 3.05) is 0 Å². The lowest BCUT2D eigenvalue weighted by molar-refractivity contribution is 0.669. The van der Waals surface area contributed by atoms with Crippen LogP contribution in [0.25, 0.3) is 89.4 Å². The molecule has 0 spiro atoms. The Labute approximate surface area is 325 Å². The molecule has 0 aliphatic heterocycles. The number of allylic oxidation sites excluding steroid dienone is 5. The van der Waals surface area contributed by atoms with E-state index >= 15 is 0 Å². The summed E-state index contributed by atoms with van der Waals surface area (Å²) in [7, 11) is 0. The Morgan fingerprint density at radius 1 is 0.554 bits per heavy atom. The van der Waals surface area contributed by atoms with Gasteiger partial charge in [-0.3, -0.25) is 0 Å². The summed E-state index contributed by atoms with van der Waals surface area (Å²) in [4.78, 5) is 15.7. The second-order valence-electron chi connectivity index (χ2n) is 14.3. The van der Waals surface area contributed by atoms with Crippen molar-refractivity contribution in [3.8, 4) is 45.0 Å². The zero-order chi connectivity index (χ0) is 37.4. The summed E-state index contributed by atoms with van der Waals surface area (Å²) in [5.74, 6) is 2.03. The molecule has 2 aromatic heterocycles. The van der Waals surface area contributed by atoms with Crippen LogP contribution >= 0.6 is 0 Å². The van der Waals surface area contributed by atoms with Crippen LogP contribution in [0.2, 0.25) is 0 Å². The maximum absolute atomic E-state index is 6.30. The number of furan rings is 1. The van der Waals surface area contributed by atoms with E-state index in [9.17, 15) is 0 Å². The molecular weight excluding hydrogens is 683 g/mol. The standard InChI is InChI=1S/C52H37N3O/c1-2-12-36-14-5-6-16-42(36)37-26-30-39(31-27-37)51-53-50(38-28-23-35(24-29-38)41-32-25-34-13-3-4-15-40(34)33-41)54-52(55-51)45-18-8-7-17-43(45)44-20-11-22-48-49(44)46-19-9-10-21-47(46)56-48/h2-28,30-33,38H,29H2,1H3/b12-2-. The molecule has 0 saturated carbocycles. The molecule has 266 valence electrons. The largest absolute Gasteiger partial charge is 0.456 e. The molecule has 1 aliphatic rings. The van der Waals surface area contributed by atoms with E-state index in [-0.39, 0.29) is 5.92 Å². The Bertz CT molecular complexity index is 3020. The lowest BCUT2D eigenvalue weighted by Crippen LogP contribution is -2.09. The highest BCUT2D eigenvalue weighted by molar-refractivity contribution is 6.13. The first-order valence-electron chi connectivity index (χ1n) is 19.2. The van der Waals surface area contributed by atoms with Crippen LogP contribution in [0.15, 0.2) is 186 Å². The predicted octanol–water partition coefficient (Wildman–Crippen LogP) is 13.8. The van der Waals surface area contributed by atoms with Crippen LogP contribution in [0.3, 0.4) is 0 Å². The smallest absolute Gasteiger partial charge is 0.164 e. The molecule has 0 saturated heterocycles. The Morgan fingerprint density at radius 3 is 2.07 bits per heavy atom. The number of para-hydroxylation sites is 1. The highest BCUT2D eigenvalue weighted by Crippen LogP contribution is 2.41. The van der Waals surface area contributed by atoms with Gasteiger partial charge in [0.1, 0.15) is 17.0 Å². The van der Waals surface area contributed by atoms with Crippen LogP contribution < -0.4 is 0 Å². The molecule has 1 aliphatic carbocycles. The van der Waals surface area contributed by atoms with Crippen molar-refractivity contribution >= 4 is 44.4 Å². The van der Waals surface area contributed by atoms with E-state index in [1.54, 1.807) is 0 Å². The lowest BCUT2D eigenvalue weighted by atomic mass is 9.91. The van der Waals surface area contributed by atoms with Gasteiger partial charge < -0.3 is 4.42 Å². The van der Waals surface area contributed by atoms with Crippen molar-refractivity contribution in [3.05, 3.63) is 199 Å². The van der Waals surface area contributed by atoms with Gasteiger partial charge in [-0.25, -0.2) is 15.0 Å². The topological polar surface area (TPSA) is 51.8 Å². The van der Waals surface area contributed by atoms with Gasteiger partial charge in [0.15, 0.2) is 11.6 Å². The molecule has 9 aromatic rings. The van der Waals surface area contributed by atoms with Crippen LogP contribution in [-0.2, 0) is 0 Å². The number of fused-ring (bicyclic) bond motifs is 4. The fourth-order valence-corrected chi connectivity index (χ4v) is 8.00. The van der Waals surface area contributed by atoms with Crippen LogP contribution in [0.4, 0.5) is 0 Å². The fourth-order valence-electron chi connectivity index (χ4n) is 8.00. The average molecular weight is 720 g/mol. The first kappa shape index (κ1) is 33.4. The minimum Gasteiger partial charge on any atom is -0.456 e. The first-order valence-corrected chi connectivity index (χ1v) is 19.2. The first-order chi connectivity index (χ1) is 27.7. The van der Waals surface area contributed by atoms with Gasteiger partial charge >= 0.3 is 0 Å². The minimum absolute atomic E-state index is 0.0138. The quantitative estimate of drug-likeness (QED) is 0.165. The zero-order valence-electron chi connectivity index (χ0n) is 30.9. The van der Waals surface area contributed by atoms with Gasteiger partial charge in [0, 0.05) is 27.8 Å². The molecule has 0 fully saturated rings. The maximum atomic E-state index is 6.30. The van der Waals surface area contributed by atoms with Gasteiger partial charge in [0.2, 0.25) is 0 Å². The second kappa shape index (κ2) is 14.2. The van der Waals surface area contributed by atoms with Crippen LogP contribution in [0, 0.1) is 0 Å². The molecule has 0 amide bonds. The third-order valence-electron chi connectivity index (χ3n) is 10.8. The molecule has 0 N–H and O–H groups in total. The maximum Gasteiger partial charge on any atom is 0.164 e. The fraction of sp³-hybridized carbons (Fsp3) is 0.0577. The van der Waals surface area contributed by atoms with Gasteiger partial charge in [-0.15, -0.1) is 0 Å². The second-order valence-corrected chi connectivity index (χ2v) is 14.3. The van der Waals surface area contributed by atoms with Gasteiger partial charge in [0.25, 0.3) is 0 Å². The third kappa shape index (κ3) is 6.11. The van der Waals surface area contributed by atoms with E-state index < -0.39 is 0 Å². The van der Waals surface area contributed by atoms with Gasteiger partial charge in [-0.1, -0.05) is 170 Å². The van der Waals surface area contributed by atoms with Crippen LogP contribution in [-0.4, -0.2) is 15.0 Å². The van der Waals surface area contributed by atoms with Crippen molar-refractivity contribution in [1.29, 1.82) is 0 Å². The van der Waals surface area contributed by atoms with Gasteiger partial charge in [-0.05, 0) is 81.3 Å². The molecule has 4 nitrogen and oxygen atoms in total. The van der Waals surface area contributed by atoms with E-state index in [4.69, 9.17) is 19.4 Å². The Hall–Kier alpha value is -7.17. The number of hydrogen-bond acceptors (Lipinski definition) is 4. The summed E-state index contributed by atoms with van der Waals surface area (Å²) < 4.78 is 6.30. The van der Waals surface area contributed by atoms with Crippen molar-refractivity contribution in [2.45, 2.75) is 19.3 Å². The highest BCUT2D eigenvalue weighted by atomic mass is 16.3. The van der Waals surface area contributed by atoms with E-state index in [2.05, 4.69) is 170 Å². The van der Waals surface area contributed by atoms with E-state index in [1.165, 1.54) is 33.0 Å². The minimum atomic E-state index is -0.0138. The predicted molar refractivity (Wildman–Crippen MR) is 232 cm³/mol. The molecule has 0 bridgehead atoms. The molecule has 2 heterocycles. The molecular formula is C52H37N3O. The molecule has 7 aromatic carbocycles. The summed E-state index contributed by atoms with van der Waals surface area (Å²) in [6.45, 7) is 2.05. The van der Waals surface area contributed by atoms with Gasteiger partial charge in [0.05, 0.1) is 0 Å². The number of rotatable bonds is 7. The normalized spacial score (nSPS) is 14.2. The summed E-state index contributed by atoms with van der Waals surface area (Å²) in [5.41, 5.74) is 11.7. The molecule has 56 heavy (non-hydrogen) atoms. The van der Waals surface area contributed by atoms with E-state index in [1.807, 2.05) is 25.1 Å². The number of nitrogens with zero attached hydrogens (tertiary/aromatic N) is 3. The summed E-state index contributed by atoms with van der Waals surface area (Å²) in [6.07, 6.45) is 11.8. The number of hydrogen-bond donors (Lipinski definition) is 0. The molecule has 0 radical (unpaired) electrons. The van der Waals surface area contributed by atoms with Crippen LogP contribution in [0.1, 0.15) is 36.2 Å². The molecule has 10 rings (SSSR count). The molecule has 1 unspecified atom stereocenters. The van der Waals surface area contributed by atoms with E-state index in [0.717, 1.165) is 62.0 Å². The number of benzene rings is 7. The number of aromatic nitrogens is 3.